The minimum Gasteiger partial charge on any atom is -0.377 e. The Morgan fingerprint density at radius 2 is 1.62 bits per heavy atom. The first-order valence-electron chi connectivity index (χ1n) is 15.7. The number of carbonyl (C=O) groups is 1. The lowest BCUT2D eigenvalue weighted by molar-refractivity contribution is -0.117. The minimum absolute atomic E-state index is 0.0639. The second kappa shape index (κ2) is 14.8. The number of hydrogen-bond donors (Lipinski definition) is 3. The number of sulfonamides is 1. The summed E-state index contributed by atoms with van der Waals surface area (Å²) in [6.45, 7) is 4.78. The molecule has 2 aliphatic rings. The van der Waals surface area contributed by atoms with E-state index < -0.39 is 68.5 Å². The molecule has 1 aliphatic carbocycles. The molecule has 8 nitrogen and oxygen atoms in total. The number of halogens is 4. The molecule has 3 aromatic carbocycles. The standard InChI is InChI=1S/C34H40F4N4O4S/c1-20(2)46-19-27-18-40-17-26(42(27)47(44,45)28-11-12-28)10-13-29-30(38)4-3-5-31(29)41-34(43)33(39)32(21-6-8-23(35)9-7-21)22-14-24(36)16-25(37)15-22/h3-9,14-16,20,26-28,32-33,40H,10-13,17-19,39H2,1-2H3,(H,41,43). The van der Waals surface area contributed by atoms with Gasteiger partial charge in [-0.05, 0) is 87.1 Å². The van der Waals surface area contributed by atoms with Crippen LogP contribution in [0.15, 0.2) is 60.7 Å². The fraction of sp³-hybridized carbons (Fsp3) is 0.441. The summed E-state index contributed by atoms with van der Waals surface area (Å²) in [5.41, 5.74) is 7.12. The molecule has 5 rings (SSSR count). The Bertz CT molecular complexity index is 1650. The molecule has 13 heteroatoms. The Morgan fingerprint density at radius 3 is 2.26 bits per heavy atom. The summed E-state index contributed by atoms with van der Waals surface area (Å²) in [6.07, 6.45) is 1.46. The van der Waals surface area contributed by atoms with Crippen molar-refractivity contribution in [1.82, 2.24) is 9.62 Å². The van der Waals surface area contributed by atoms with E-state index in [4.69, 9.17) is 10.5 Å². The maximum absolute atomic E-state index is 15.4. The molecule has 0 radical (unpaired) electrons. The summed E-state index contributed by atoms with van der Waals surface area (Å²) < 4.78 is 92.0. The van der Waals surface area contributed by atoms with Crippen molar-refractivity contribution in [3.63, 3.8) is 0 Å². The Hall–Kier alpha value is -3.36. The van der Waals surface area contributed by atoms with Crippen LogP contribution in [-0.4, -0.2) is 67.8 Å². The fourth-order valence-corrected chi connectivity index (χ4v) is 8.38. The van der Waals surface area contributed by atoms with Crippen molar-refractivity contribution >= 4 is 21.6 Å². The van der Waals surface area contributed by atoms with Crippen LogP contribution >= 0.6 is 0 Å². The molecule has 1 saturated heterocycles. The van der Waals surface area contributed by atoms with Crippen molar-refractivity contribution in [2.75, 3.05) is 25.0 Å². The van der Waals surface area contributed by atoms with Gasteiger partial charge in [0.05, 0.1) is 30.0 Å². The predicted octanol–water partition coefficient (Wildman–Crippen LogP) is 4.83. The maximum atomic E-state index is 15.4. The molecule has 4 unspecified atom stereocenters. The van der Waals surface area contributed by atoms with Gasteiger partial charge in [0, 0.05) is 42.4 Å². The quantitative estimate of drug-likeness (QED) is 0.224. The van der Waals surface area contributed by atoms with Crippen LogP contribution in [0.1, 0.15) is 55.7 Å². The number of amides is 1. The number of hydrogen-bond acceptors (Lipinski definition) is 6. The molecule has 1 heterocycles. The highest BCUT2D eigenvalue weighted by atomic mass is 32.2. The first kappa shape index (κ1) is 35.0. The molecule has 47 heavy (non-hydrogen) atoms. The molecule has 4 N–H and O–H groups in total. The molecule has 254 valence electrons. The number of piperazine rings is 1. The lowest BCUT2D eigenvalue weighted by atomic mass is 9.84. The van der Waals surface area contributed by atoms with E-state index >= 15 is 4.39 Å². The largest absolute Gasteiger partial charge is 0.377 e. The van der Waals surface area contributed by atoms with E-state index in [1.165, 1.54) is 30.3 Å². The molecule has 0 spiro atoms. The SMILES string of the molecule is CC(C)OCC1CNCC(CCc2c(F)cccc2NC(=O)C(N)C(c2ccc(F)cc2)c2cc(F)cc(F)c2)N1S(=O)(=O)C1CC1. The summed E-state index contributed by atoms with van der Waals surface area (Å²) in [5, 5.41) is 5.54. The highest BCUT2D eigenvalue weighted by molar-refractivity contribution is 7.90. The van der Waals surface area contributed by atoms with Crippen molar-refractivity contribution < 1.29 is 35.5 Å². The number of ether oxygens (including phenoxy) is 1. The third kappa shape index (κ3) is 8.39. The van der Waals surface area contributed by atoms with E-state index in [0.29, 0.717) is 37.6 Å². The van der Waals surface area contributed by atoms with Crippen molar-refractivity contribution in [1.29, 1.82) is 0 Å². The molecule has 2 fully saturated rings. The van der Waals surface area contributed by atoms with Gasteiger partial charge in [-0.25, -0.2) is 26.0 Å². The van der Waals surface area contributed by atoms with Crippen molar-refractivity contribution in [3.8, 4) is 0 Å². The van der Waals surface area contributed by atoms with Crippen molar-refractivity contribution in [3.05, 3.63) is 101 Å². The smallest absolute Gasteiger partial charge is 0.242 e. The number of benzene rings is 3. The topological polar surface area (TPSA) is 114 Å². The second-order valence-electron chi connectivity index (χ2n) is 12.5. The summed E-state index contributed by atoms with van der Waals surface area (Å²) in [6, 6.07) is 9.72. The van der Waals surface area contributed by atoms with Gasteiger partial charge >= 0.3 is 0 Å². The number of anilines is 1. The molecule has 3 aromatic rings. The summed E-state index contributed by atoms with van der Waals surface area (Å²) in [7, 11) is -3.60. The van der Waals surface area contributed by atoms with Crippen LogP contribution in [0.3, 0.4) is 0 Å². The minimum atomic E-state index is -3.60. The zero-order chi connectivity index (χ0) is 33.9. The van der Waals surface area contributed by atoms with Gasteiger partial charge < -0.3 is 21.1 Å². The van der Waals surface area contributed by atoms with Gasteiger partial charge in [-0.3, -0.25) is 4.79 Å². The Morgan fingerprint density at radius 1 is 0.957 bits per heavy atom. The molecule has 0 aromatic heterocycles. The zero-order valence-electron chi connectivity index (χ0n) is 26.3. The van der Waals surface area contributed by atoms with E-state index in [-0.39, 0.29) is 42.4 Å². The predicted molar refractivity (Wildman–Crippen MR) is 171 cm³/mol. The van der Waals surface area contributed by atoms with Gasteiger partial charge in [-0.1, -0.05) is 18.2 Å². The van der Waals surface area contributed by atoms with Gasteiger partial charge in [0.2, 0.25) is 15.9 Å². The van der Waals surface area contributed by atoms with E-state index in [2.05, 4.69) is 10.6 Å². The van der Waals surface area contributed by atoms with E-state index in [9.17, 15) is 26.4 Å². The van der Waals surface area contributed by atoms with Gasteiger partial charge in [-0.2, -0.15) is 4.31 Å². The average molecular weight is 677 g/mol. The number of nitrogens with one attached hydrogen (secondary N) is 2. The number of rotatable bonds is 13. The second-order valence-corrected chi connectivity index (χ2v) is 14.6. The summed E-state index contributed by atoms with van der Waals surface area (Å²) in [5.74, 6) is -4.73. The van der Waals surface area contributed by atoms with Gasteiger partial charge in [0.15, 0.2) is 0 Å². The zero-order valence-corrected chi connectivity index (χ0v) is 27.1. The van der Waals surface area contributed by atoms with Crippen LogP contribution in [0.5, 0.6) is 0 Å². The summed E-state index contributed by atoms with van der Waals surface area (Å²) >= 11 is 0. The molecule has 0 bridgehead atoms. The van der Waals surface area contributed by atoms with Crippen LogP contribution in [0.4, 0.5) is 23.2 Å². The van der Waals surface area contributed by atoms with Gasteiger partial charge in [0.25, 0.3) is 0 Å². The first-order chi connectivity index (χ1) is 22.3. The molecular weight excluding hydrogens is 636 g/mol. The van der Waals surface area contributed by atoms with Gasteiger partial charge in [0.1, 0.15) is 23.3 Å². The highest BCUT2D eigenvalue weighted by Gasteiger charge is 2.47. The lowest BCUT2D eigenvalue weighted by Crippen LogP contribution is -2.61. The third-order valence-electron chi connectivity index (χ3n) is 8.58. The number of carbonyl (C=O) groups excluding carboxylic acids is 1. The Labute approximate surface area is 272 Å². The summed E-state index contributed by atoms with van der Waals surface area (Å²) in [4.78, 5) is 13.6. The van der Waals surface area contributed by atoms with E-state index in [1.54, 1.807) is 4.31 Å². The van der Waals surface area contributed by atoms with E-state index in [0.717, 1.165) is 24.3 Å². The first-order valence-corrected chi connectivity index (χ1v) is 17.3. The Kier molecular flexibility index (Phi) is 11.0. The number of nitrogens with zero attached hydrogens (tertiary/aromatic N) is 1. The van der Waals surface area contributed by atoms with Crippen LogP contribution in [0.2, 0.25) is 0 Å². The van der Waals surface area contributed by atoms with Crippen LogP contribution in [-0.2, 0) is 26.0 Å². The monoisotopic (exact) mass is 676 g/mol. The molecule has 1 saturated carbocycles. The average Bonchev–Trinajstić information content (AvgIpc) is 3.87. The fourth-order valence-electron chi connectivity index (χ4n) is 6.15. The maximum Gasteiger partial charge on any atom is 0.242 e. The van der Waals surface area contributed by atoms with Crippen molar-refractivity contribution in [2.45, 2.75) is 74.9 Å². The lowest BCUT2D eigenvalue weighted by Gasteiger charge is -2.42. The normalized spacial score (nSPS) is 20.3. The number of nitrogens with two attached hydrogens (primary N) is 1. The van der Waals surface area contributed by atoms with Crippen LogP contribution in [0.25, 0.3) is 0 Å². The third-order valence-corrected chi connectivity index (χ3v) is 11.1. The van der Waals surface area contributed by atoms with Crippen LogP contribution in [0, 0.1) is 23.3 Å². The highest BCUT2D eigenvalue weighted by Crippen LogP contribution is 2.35. The molecule has 1 aliphatic heterocycles. The molecular formula is C34H40F4N4O4S. The van der Waals surface area contributed by atoms with Crippen molar-refractivity contribution in [2.24, 2.45) is 5.73 Å². The van der Waals surface area contributed by atoms with Gasteiger partial charge in [-0.15, -0.1) is 0 Å². The Balaban J connectivity index is 1.38. The van der Waals surface area contributed by atoms with E-state index in [1.807, 2.05) is 13.8 Å². The molecule has 1 amide bonds. The molecule has 4 atom stereocenters. The van der Waals surface area contributed by atoms with Crippen LogP contribution < -0.4 is 16.4 Å².